The molecule has 0 saturated carbocycles. The summed E-state index contributed by atoms with van der Waals surface area (Å²) >= 11 is 0. The second-order valence-corrected chi connectivity index (χ2v) is 4.80. The average Bonchev–Trinajstić information content (AvgIpc) is 2.37. The number of phenols is 3. The van der Waals surface area contributed by atoms with Gasteiger partial charge in [0, 0.05) is 11.6 Å². The van der Waals surface area contributed by atoms with E-state index >= 15 is 0 Å². The highest BCUT2D eigenvalue weighted by atomic mass is 16.3. The van der Waals surface area contributed by atoms with Crippen LogP contribution in [0.15, 0.2) is 12.1 Å². The number of unbranched alkanes of at least 4 members (excludes halogenated alkanes) is 3. The quantitative estimate of drug-likeness (QED) is 0.642. The summed E-state index contributed by atoms with van der Waals surface area (Å²) in [6, 6.07) is 1.31. The van der Waals surface area contributed by atoms with Gasteiger partial charge in [-0.15, -0.1) is 0 Å². The van der Waals surface area contributed by atoms with Crippen LogP contribution in [0, 0.1) is 0 Å². The Morgan fingerprint density at radius 1 is 1.00 bits per heavy atom. The van der Waals surface area contributed by atoms with Gasteiger partial charge in [0.25, 0.3) is 0 Å². The van der Waals surface area contributed by atoms with E-state index in [-0.39, 0.29) is 17.2 Å². The lowest BCUT2D eigenvalue weighted by molar-refractivity contribution is 0.416. The van der Waals surface area contributed by atoms with E-state index in [0.717, 1.165) is 32.1 Å². The number of allylic oxidation sites excluding steroid dienone is 1. The molecule has 0 aromatic heterocycles. The van der Waals surface area contributed by atoms with Gasteiger partial charge in [-0.3, -0.25) is 0 Å². The molecule has 0 saturated heterocycles. The molecule has 106 valence electrons. The number of hydrogen-bond donors (Lipinski definition) is 3. The third-order valence-electron chi connectivity index (χ3n) is 3.17. The van der Waals surface area contributed by atoms with Crippen LogP contribution in [-0.2, 0) is 6.42 Å². The van der Waals surface area contributed by atoms with Gasteiger partial charge in [0.15, 0.2) is 0 Å². The molecule has 1 aromatic rings. The van der Waals surface area contributed by atoms with Crippen LogP contribution in [-0.4, -0.2) is 15.3 Å². The van der Waals surface area contributed by atoms with Crippen molar-refractivity contribution < 1.29 is 15.3 Å². The van der Waals surface area contributed by atoms with Crippen LogP contribution in [0.3, 0.4) is 0 Å². The Morgan fingerprint density at radius 3 is 2.37 bits per heavy atom. The van der Waals surface area contributed by atoms with Crippen molar-refractivity contribution in [3.8, 4) is 17.2 Å². The van der Waals surface area contributed by atoms with E-state index in [4.69, 9.17) is 0 Å². The Hall–Kier alpha value is -1.64. The van der Waals surface area contributed by atoms with Crippen molar-refractivity contribution in [3.05, 3.63) is 23.3 Å². The maximum atomic E-state index is 10.2. The summed E-state index contributed by atoms with van der Waals surface area (Å²) < 4.78 is 0. The molecule has 0 amide bonds. The van der Waals surface area contributed by atoms with Gasteiger partial charge in [-0.25, -0.2) is 0 Å². The van der Waals surface area contributed by atoms with Crippen molar-refractivity contribution >= 4 is 6.08 Å². The smallest absolute Gasteiger partial charge is 0.133 e. The van der Waals surface area contributed by atoms with Gasteiger partial charge >= 0.3 is 0 Å². The highest BCUT2D eigenvalue weighted by Crippen LogP contribution is 2.39. The van der Waals surface area contributed by atoms with E-state index in [2.05, 4.69) is 13.8 Å². The van der Waals surface area contributed by atoms with Gasteiger partial charge in [0.05, 0.1) is 5.56 Å². The zero-order valence-corrected chi connectivity index (χ0v) is 11.8. The van der Waals surface area contributed by atoms with Crippen LogP contribution in [0.5, 0.6) is 17.2 Å². The van der Waals surface area contributed by atoms with Crippen molar-refractivity contribution in [2.75, 3.05) is 0 Å². The molecule has 19 heavy (non-hydrogen) atoms. The van der Waals surface area contributed by atoms with E-state index in [1.165, 1.54) is 6.07 Å². The SMILES string of the molecule is CCCC=Cc1c(O)cc(O)c(CCCCC)c1O. The minimum Gasteiger partial charge on any atom is -0.507 e. The summed E-state index contributed by atoms with van der Waals surface area (Å²) in [4.78, 5) is 0. The van der Waals surface area contributed by atoms with Crippen LogP contribution in [0.4, 0.5) is 0 Å². The molecule has 0 atom stereocenters. The molecule has 0 spiro atoms. The molecule has 0 aliphatic rings. The summed E-state index contributed by atoms with van der Waals surface area (Å²) in [5, 5.41) is 29.8. The topological polar surface area (TPSA) is 60.7 Å². The van der Waals surface area contributed by atoms with Gasteiger partial charge in [0.1, 0.15) is 17.2 Å². The van der Waals surface area contributed by atoms with Gasteiger partial charge < -0.3 is 15.3 Å². The highest BCUT2D eigenvalue weighted by molar-refractivity contribution is 5.68. The fourth-order valence-electron chi connectivity index (χ4n) is 2.03. The van der Waals surface area contributed by atoms with E-state index in [1.54, 1.807) is 6.08 Å². The standard InChI is InChI=1S/C16H24O3/c1-3-5-7-9-12-14(17)11-15(18)13(16(12)19)10-8-6-4-2/h7,9,11,17-19H,3-6,8,10H2,1-2H3. The molecule has 3 heteroatoms. The number of aromatic hydroxyl groups is 3. The van der Waals surface area contributed by atoms with Crippen LogP contribution < -0.4 is 0 Å². The molecule has 0 heterocycles. The first kappa shape index (κ1) is 15.4. The van der Waals surface area contributed by atoms with E-state index in [1.807, 2.05) is 6.08 Å². The van der Waals surface area contributed by atoms with Gasteiger partial charge in [-0.05, 0) is 19.3 Å². The molecule has 0 aliphatic heterocycles. The molecule has 0 aliphatic carbocycles. The molecule has 3 nitrogen and oxygen atoms in total. The zero-order chi connectivity index (χ0) is 14.3. The van der Waals surface area contributed by atoms with Gasteiger partial charge in [0.2, 0.25) is 0 Å². The third kappa shape index (κ3) is 4.19. The molecule has 0 bridgehead atoms. The number of benzene rings is 1. The summed E-state index contributed by atoms with van der Waals surface area (Å²) in [5.41, 5.74) is 0.931. The van der Waals surface area contributed by atoms with Crippen molar-refractivity contribution in [1.29, 1.82) is 0 Å². The highest BCUT2D eigenvalue weighted by Gasteiger charge is 2.14. The lowest BCUT2D eigenvalue weighted by atomic mass is 10.00. The van der Waals surface area contributed by atoms with E-state index in [0.29, 0.717) is 17.5 Å². The molecule has 1 aromatic carbocycles. The number of phenolic OH excluding ortho intramolecular Hbond substituents is 3. The summed E-state index contributed by atoms with van der Waals surface area (Å²) in [7, 11) is 0. The first-order valence-electron chi connectivity index (χ1n) is 7.05. The molecule has 0 fully saturated rings. The zero-order valence-electron chi connectivity index (χ0n) is 11.8. The van der Waals surface area contributed by atoms with Crippen LogP contribution in [0.2, 0.25) is 0 Å². The molecular formula is C16H24O3. The summed E-state index contributed by atoms with van der Waals surface area (Å²) in [6.45, 7) is 4.17. The minimum atomic E-state index is -0.0819. The lowest BCUT2D eigenvalue weighted by Gasteiger charge is -2.11. The first-order valence-corrected chi connectivity index (χ1v) is 7.05. The monoisotopic (exact) mass is 264 g/mol. The van der Waals surface area contributed by atoms with Crippen molar-refractivity contribution in [2.45, 2.75) is 52.4 Å². The predicted molar refractivity (Wildman–Crippen MR) is 78.6 cm³/mol. The molecular weight excluding hydrogens is 240 g/mol. The molecule has 1 rings (SSSR count). The lowest BCUT2D eigenvalue weighted by Crippen LogP contribution is -1.91. The van der Waals surface area contributed by atoms with Crippen molar-refractivity contribution in [1.82, 2.24) is 0 Å². The minimum absolute atomic E-state index is 0.000885. The summed E-state index contributed by atoms with van der Waals surface area (Å²) in [6.07, 6.45) is 9.23. The largest absolute Gasteiger partial charge is 0.507 e. The van der Waals surface area contributed by atoms with Crippen molar-refractivity contribution in [3.63, 3.8) is 0 Å². The van der Waals surface area contributed by atoms with E-state index < -0.39 is 0 Å². The van der Waals surface area contributed by atoms with Gasteiger partial charge in [-0.1, -0.05) is 45.3 Å². The van der Waals surface area contributed by atoms with E-state index in [9.17, 15) is 15.3 Å². The second kappa shape index (κ2) is 7.72. The van der Waals surface area contributed by atoms with Crippen molar-refractivity contribution in [2.24, 2.45) is 0 Å². The maximum Gasteiger partial charge on any atom is 0.133 e. The average molecular weight is 264 g/mol. The number of rotatable bonds is 7. The Labute approximate surface area is 115 Å². The maximum absolute atomic E-state index is 10.2. The Morgan fingerprint density at radius 2 is 1.74 bits per heavy atom. The Kier molecular flexibility index (Phi) is 6.26. The van der Waals surface area contributed by atoms with Crippen LogP contribution in [0.1, 0.15) is 57.1 Å². The molecule has 0 unspecified atom stereocenters. The Bertz CT molecular complexity index is 436. The summed E-state index contributed by atoms with van der Waals surface area (Å²) in [5.74, 6) is -0.110. The normalized spacial score (nSPS) is 11.3. The molecule has 0 radical (unpaired) electrons. The number of hydrogen-bond acceptors (Lipinski definition) is 3. The van der Waals surface area contributed by atoms with Gasteiger partial charge in [-0.2, -0.15) is 0 Å². The Balaban J connectivity index is 3.00. The fraction of sp³-hybridized carbons (Fsp3) is 0.500. The second-order valence-electron chi connectivity index (χ2n) is 4.80. The third-order valence-corrected chi connectivity index (χ3v) is 3.17. The first-order chi connectivity index (χ1) is 9.11. The molecule has 3 N–H and O–H groups in total. The fourth-order valence-corrected chi connectivity index (χ4v) is 2.03. The van der Waals surface area contributed by atoms with Crippen LogP contribution >= 0.6 is 0 Å². The predicted octanol–water partition coefficient (Wildman–Crippen LogP) is 4.35. The van der Waals surface area contributed by atoms with Crippen LogP contribution in [0.25, 0.3) is 6.08 Å².